The van der Waals surface area contributed by atoms with Crippen molar-refractivity contribution in [1.29, 1.82) is 0 Å². The van der Waals surface area contributed by atoms with Crippen molar-refractivity contribution in [3.63, 3.8) is 0 Å². The van der Waals surface area contributed by atoms with Crippen LogP contribution in [0.3, 0.4) is 0 Å². The Bertz CT molecular complexity index is 219. The normalized spacial score (nSPS) is 16.4. The molecule has 0 aromatic carbocycles. The summed E-state index contributed by atoms with van der Waals surface area (Å²) in [6, 6.07) is 0. The van der Waals surface area contributed by atoms with Gasteiger partial charge in [0.25, 0.3) is 0 Å². The Balaban J connectivity index is -0.000000189. The Hall–Kier alpha value is 1.06. The molecule has 0 aromatic rings. The van der Waals surface area contributed by atoms with Crippen LogP contribution in [0.4, 0.5) is 0 Å². The zero-order valence-electron chi connectivity index (χ0n) is 19.7. The second-order valence-electron chi connectivity index (χ2n) is 7.91. The summed E-state index contributed by atoms with van der Waals surface area (Å²) in [5.41, 5.74) is 0. The van der Waals surface area contributed by atoms with E-state index in [2.05, 4.69) is 37.1 Å². The van der Waals surface area contributed by atoms with Crippen LogP contribution in [-0.4, -0.2) is 31.5 Å². The van der Waals surface area contributed by atoms with Gasteiger partial charge in [0.2, 0.25) is 0 Å². The Morgan fingerprint density at radius 3 is 1.52 bits per heavy atom. The molecule has 0 heterocycles. The van der Waals surface area contributed by atoms with Crippen LogP contribution in [0.1, 0.15) is 121 Å². The maximum atomic E-state index is 2.96. The van der Waals surface area contributed by atoms with Gasteiger partial charge in [-0.05, 0) is 0 Å². The molecule has 0 amide bonds. The molecule has 0 aliphatic heterocycles. The standard InChI is InChI=1S/C7H13.2C7H15.2Al.3H/c1-7-5-3-2-4-6-7;2*1-3-5-7-6-4-2;;;;;/h2-6H2,1H3;2*1,3-7H2,2H3;;;;;/q;;;+1;+2;3*-1. The third kappa shape index (κ3) is 19.2. The van der Waals surface area contributed by atoms with E-state index < -0.39 is 0 Å². The van der Waals surface area contributed by atoms with E-state index in [9.17, 15) is 0 Å². The fourth-order valence-corrected chi connectivity index (χ4v) is 5.14. The van der Waals surface area contributed by atoms with Gasteiger partial charge in [-0.25, -0.2) is 0 Å². The third-order valence-corrected chi connectivity index (χ3v) is 7.23. The van der Waals surface area contributed by atoms with E-state index in [0.717, 1.165) is 15.2 Å². The SMILES string of the molecule is CCCCCC[CH2][Al+][CH2]CCCCCC.C[C]1([Al+2])CCCCC1.[H-].[H-].[H-]. The van der Waals surface area contributed by atoms with Crippen molar-refractivity contribution in [1.82, 2.24) is 0 Å². The molecule has 23 heavy (non-hydrogen) atoms. The molecule has 136 valence electrons. The number of unbranched alkanes of at least 4 members (excludes halogenated alkanes) is 8. The zero-order chi connectivity index (χ0) is 17.2. The van der Waals surface area contributed by atoms with E-state index in [1.165, 1.54) is 96.3 Å². The molecular formula is C21H46Al2. The molecule has 0 saturated heterocycles. The van der Waals surface area contributed by atoms with Crippen LogP contribution in [0.5, 0.6) is 0 Å². The van der Waals surface area contributed by atoms with Crippen molar-refractivity contribution in [2.45, 2.75) is 132 Å². The Morgan fingerprint density at radius 1 is 0.739 bits per heavy atom. The third-order valence-electron chi connectivity index (χ3n) is 5.02. The molecule has 0 atom stereocenters. The predicted octanol–water partition coefficient (Wildman–Crippen LogP) is 8.10. The van der Waals surface area contributed by atoms with Gasteiger partial charge in [-0.1, -0.05) is 0 Å². The van der Waals surface area contributed by atoms with E-state index in [1.807, 2.05) is 0 Å². The molecule has 0 bridgehead atoms. The summed E-state index contributed by atoms with van der Waals surface area (Å²) in [7, 11) is 0. The average molecular weight is 353 g/mol. The second kappa shape index (κ2) is 17.9. The zero-order valence-corrected chi connectivity index (χ0v) is 19.0. The van der Waals surface area contributed by atoms with Gasteiger partial charge in [0.15, 0.2) is 0 Å². The maximum absolute atomic E-state index is 2.96. The van der Waals surface area contributed by atoms with Gasteiger partial charge < -0.3 is 4.28 Å². The van der Waals surface area contributed by atoms with Crippen LogP contribution in [0, 0.1) is 0 Å². The van der Waals surface area contributed by atoms with Gasteiger partial charge >= 0.3 is 163 Å². The van der Waals surface area contributed by atoms with Gasteiger partial charge in [0.05, 0.1) is 0 Å². The van der Waals surface area contributed by atoms with Gasteiger partial charge in [-0.3, -0.25) is 0 Å². The topological polar surface area (TPSA) is 0 Å². The van der Waals surface area contributed by atoms with E-state index in [-0.39, 0.29) is 4.28 Å². The molecule has 1 aliphatic rings. The molecule has 1 fully saturated rings. The summed E-state index contributed by atoms with van der Waals surface area (Å²) < 4.78 is 0.595. The first-order valence-electron chi connectivity index (χ1n) is 10.7. The predicted molar refractivity (Wildman–Crippen MR) is 113 cm³/mol. The fraction of sp³-hybridized carbons (Fsp3) is 1.00. The summed E-state index contributed by atoms with van der Waals surface area (Å²) in [5, 5.41) is 3.13. The van der Waals surface area contributed by atoms with Crippen LogP contribution in [0.2, 0.25) is 14.8 Å². The van der Waals surface area contributed by atoms with Crippen LogP contribution in [0.15, 0.2) is 0 Å². The summed E-state index contributed by atoms with van der Waals surface area (Å²) in [6.45, 7) is 6.93. The molecular weight excluding hydrogens is 306 g/mol. The molecule has 0 N–H and O–H groups in total. The van der Waals surface area contributed by atoms with Crippen LogP contribution < -0.4 is 0 Å². The largest absolute Gasteiger partial charge is 1.00 e. The van der Waals surface area contributed by atoms with Crippen molar-refractivity contribution in [3.05, 3.63) is 0 Å². The molecule has 0 radical (unpaired) electrons. The molecule has 0 spiro atoms. The van der Waals surface area contributed by atoms with Crippen molar-refractivity contribution < 1.29 is 4.28 Å². The van der Waals surface area contributed by atoms with Crippen molar-refractivity contribution in [2.75, 3.05) is 0 Å². The summed E-state index contributed by atoms with van der Waals surface area (Å²) in [5.74, 6) is 0. The number of hydrogen-bond acceptors (Lipinski definition) is 0. The van der Waals surface area contributed by atoms with Crippen molar-refractivity contribution in [2.24, 2.45) is 0 Å². The van der Waals surface area contributed by atoms with E-state index >= 15 is 0 Å². The first-order valence-corrected chi connectivity index (χ1v) is 12.9. The average Bonchev–Trinajstić information content (AvgIpc) is 2.53. The van der Waals surface area contributed by atoms with Crippen LogP contribution >= 0.6 is 0 Å². The van der Waals surface area contributed by atoms with E-state index in [1.54, 1.807) is 10.6 Å². The van der Waals surface area contributed by atoms with Crippen LogP contribution in [-0.2, 0) is 0 Å². The Morgan fingerprint density at radius 2 is 1.17 bits per heavy atom. The van der Waals surface area contributed by atoms with Crippen LogP contribution in [0.25, 0.3) is 0 Å². The summed E-state index contributed by atoms with van der Waals surface area (Å²) >= 11 is 3.76. The van der Waals surface area contributed by atoms with Gasteiger partial charge in [-0.2, -0.15) is 0 Å². The quantitative estimate of drug-likeness (QED) is 0.246. The summed E-state index contributed by atoms with van der Waals surface area (Å²) in [4.78, 5) is 0. The first kappa shape index (κ1) is 24.1. The summed E-state index contributed by atoms with van der Waals surface area (Å²) in [6.07, 6.45) is 21.8. The number of rotatable bonds is 12. The second-order valence-corrected chi connectivity index (χ2v) is 11.0. The Labute approximate surface area is 167 Å². The molecule has 1 rings (SSSR count). The number of hydrogen-bond donors (Lipinski definition) is 0. The molecule has 0 aromatic heterocycles. The van der Waals surface area contributed by atoms with Gasteiger partial charge in [0.1, 0.15) is 0 Å². The molecule has 1 aliphatic carbocycles. The smallest absolute Gasteiger partial charge is 1.00 e. The van der Waals surface area contributed by atoms with E-state index in [4.69, 9.17) is 0 Å². The first-order chi connectivity index (χ1) is 11.1. The molecule has 2 heteroatoms. The van der Waals surface area contributed by atoms with Gasteiger partial charge in [-0.15, -0.1) is 0 Å². The Kier molecular flexibility index (Phi) is 18.7. The molecule has 0 unspecified atom stereocenters. The monoisotopic (exact) mass is 352 g/mol. The molecule has 1 saturated carbocycles. The van der Waals surface area contributed by atoms with Gasteiger partial charge in [0, 0.05) is 0 Å². The molecule has 0 nitrogen and oxygen atoms in total. The minimum atomic E-state index is 0. The van der Waals surface area contributed by atoms with Crippen molar-refractivity contribution in [3.8, 4) is 0 Å². The minimum absolute atomic E-state index is 0. The maximum Gasteiger partial charge on any atom is -1.00 e. The van der Waals surface area contributed by atoms with E-state index in [0.29, 0.717) is 4.28 Å². The fourth-order valence-electron chi connectivity index (χ4n) is 3.29. The minimum Gasteiger partial charge on any atom is -1.00 e. The van der Waals surface area contributed by atoms with Crippen molar-refractivity contribution >= 4 is 31.5 Å².